The van der Waals surface area contributed by atoms with E-state index < -0.39 is 10.0 Å². The first-order valence-corrected chi connectivity index (χ1v) is 8.63. The summed E-state index contributed by atoms with van der Waals surface area (Å²) in [5.41, 5.74) is 5.77. The molecule has 114 valence electrons. The molecule has 1 atom stereocenters. The first-order chi connectivity index (χ1) is 9.37. The summed E-state index contributed by atoms with van der Waals surface area (Å²) in [5.74, 6) is 0.0678. The van der Waals surface area contributed by atoms with Crippen molar-refractivity contribution < 1.29 is 13.2 Å². The van der Waals surface area contributed by atoms with Crippen LogP contribution in [0, 0.1) is 0 Å². The van der Waals surface area contributed by atoms with Gasteiger partial charge in [0, 0.05) is 27.2 Å². The fraction of sp³-hybridized carbons (Fsp3) is 0.727. The van der Waals surface area contributed by atoms with Crippen molar-refractivity contribution in [2.24, 2.45) is 0 Å². The molecule has 2 heterocycles. The maximum atomic E-state index is 12.4. The van der Waals surface area contributed by atoms with Crippen LogP contribution in [-0.4, -0.2) is 57.0 Å². The molecule has 1 aromatic rings. The van der Waals surface area contributed by atoms with Crippen molar-refractivity contribution in [3.8, 4) is 0 Å². The highest BCUT2D eigenvalue weighted by Gasteiger charge is 2.32. The third kappa shape index (κ3) is 2.76. The lowest BCUT2D eigenvalue weighted by Crippen LogP contribution is -2.42. The molecule has 0 spiro atoms. The Hall–Kier alpha value is -0.900. The van der Waals surface area contributed by atoms with Gasteiger partial charge in [-0.1, -0.05) is 6.92 Å². The van der Waals surface area contributed by atoms with Crippen molar-refractivity contribution in [2.75, 3.05) is 44.4 Å². The Morgan fingerprint density at radius 2 is 2.25 bits per heavy atom. The van der Waals surface area contributed by atoms with Crippen LogP contribution in [0.3, 0.4) is 0 Å². The highest BCUT2D eigenvalue weighted by atomic mass is 32.2. The molecule has 1 aliphatic heterocycles. The predicted octanol–water partition coefficient (Wildman–Crippen LogP) is 0.591. The Kier molecular flexibility index (Phi) is 4.52. The van der Waals surface area contributed by atoms with Gasteiger partial charge in [-0.15, -0.1) is 0 Å². The van der Waals surface area contributed by atoms with E-state index >= 15 is 0 Å². The molecule has 0 amide bonds. The molecule has 1 aliphatic rings. The van der Waals surface area contributed by atoms with Crippen LogP contribution in [0.4, 0.5) is 10.8 Å². The molecule has 0 saturated carbocycles. The van der Waals surface area contributed by atoms with Gasteiger partial charge in [0.1, 0.15) is 5.00 Å². The van der Waals surface area contributed by atoms with Crippen molar-refractivity contribution in [3.63, 3.8) is 0 Å². The van der Waals surface area contributed by atoms with Gasteiger partial charge < -0.3 is 15.4 Å². The summed E-state index contributed by atoms with van der Waals surface area (Å²) in [6.45, 7) is 3.94. The molecule has 9 heteroatoms. The van der Waals surface area contributed by atoms with Gasteiger partial charge in [0.25, 0.3) is 0 Å². The minimum Gasteiger partial charge on any atom is -0.382 e. The van der Waals surface area contributed by atoms with E-state index in [9.17, 15) is 8.42 Å². The zero-order chi connectivity index (χ0) is 14.9. The van der Waals surface area contributed by atoms with Crippen molar-refractivity contribution in [1.29, 1.82) is 0 Å². The monoisotopic (exact) mass is 320 g/mol. The smallest absolute Gasteiger partial charge is 0.249 e. The van der Waals surface area contributed by atoms with Crippen LogP contribution in [0.25, 0.3) is 0 Å². The molecule has 0 aromatic carbocycles. The number of rotatable bonds is 4. The number of hydrogen-bond acceptors (Lipinski definition) is 7. The minimum absolute atomic E-state index is 0.0678. The number of nitrogens with zero attached hydrogens (tertiary/aromatic N) is 3. The van der Waals surface area contributed by atoms with E-state index in [1.165, 1.54) is 14.1 Å². The molecule has 0 bridgehead atoms. The van der Waals surface area contributed by atoms with Crippen LogP contribution in [0.15, 0.2) is 4.90 Å². The summed E-state index contributed by atoms with van der Waals surface area (Å²) in [4.78, 5) is 2.12. The first kappa shape index (κ1) is 15.5. The molecule has 1 saturated heterocycles. The molecule has 1 fully saturated rings. The van der Waals surface area contributed by atoms with E-state index in [2.05, 4.69) is 4.37 Å². The lowest BCUT2D eigenvalue weighted by molar-refractivity contribution is 0.0385. The molecule has 0 radical (unpaired) electrons. The molecule has 0 aliphatic carbocycles. The maximum absolute atomic E-state index is 12.4. The Morgan fingerprint density at radius 3 is 2.85 bits per heavy atom. The summed E-state index contributed by atoms with van der Waals surface area (Å²) < 4.78 is 35.6. The fourth-order valence-electron chi connectivity index (χ4n) is 2.06. The van der Waals surface area contributed by atoms with Crippen LogP contribution in [0.1, 0.15) is 13.3 Å². The topological polar surface area (TPSA) is 88.8 Å². The maximum Gasteiger partial charge on any atom is 0.249 e. The normalized spacial score (nSPS) is 20.6. The Balaban J connectivity index is 2.39. The summed E-state index contributed by atoms with van der Waals surface area (Å²) in [5, 5.41) is 0.609. The second-order valence-corrected chi connectivity index (χ2v) is 7.68. The average Bonchev–Trinajstić information content (AvgIpc) is 2.81. The third-order valence-electron chi connectivity index (χ3n) is 3.28. The Morgan fingerprint density at radius 1 is 1.55 bits per heavy atom. The fourth-order valence-corrected chi connectivity index (χ4v) is 4.32. The standard InChI is InChI=1S/C11H20N4O3S2/c1-4-8-7-15(5-6-18-8)11-9(10(12)13-19-11)20(16,17)14(2)3/h8H,4-7H2,1-3H3,(H2,12,13). The number of anilines is 2. The van der Waals surface area contributed by atoms with Crippen LogP contribution in [-0.2, 0) is 14.8 Å². The molecule has 20 heavy (non-hydrogen) atoms. The van der Waals surface area contributed by atoms with Gasteiger partial charge in [0.05, 0.1) is 12.7 Å². The van der Waals surface area contributed by atoms with E-state index in [0.717, 1.165) is 22.3 Å². The van der Waals surface area contributed by atoms with Gasteiger partial charge in [-0.2, -0.15) is 4.37 Å². The van der Waals surface area contributed by atoms with Gasteiger partial charge in [-0.05, 0) is 18.0 Å². The van der Waals surface area contributed by atoms with Crippen LogP contribution in [0.2, 0.25) is 0 Å². The zero-order valence-corrected chi connectivity index (χ0v) is 13.5. The molecule has 7 nitrogen and oxygen atoms in total. The van der Waals surface area contributed by atoms with Gasteiger partial charge in [0.15, 0.2) is 10.7 Å². The van der Waals surface area contributed by atoms with Crippen molar-refractivity contribution in [2.45, 2.75) is 24.3 Å². The van der Waals surface area contributed by atoms with Crippen LogP contribution < -0.4 is 10.6 Å². The number of morpholine rings is 1. The minimum atomic E-state index is -3.59. The van der Waals surface area contributed by atoms with E-state index in [-0.39, 0.29) is 16.8 Å². The lowest BCUT2D eigenvalue weighted by Gasteiger charge is -2.33. The number of nitrogens with two attached hydrogens (primary N) is 1. The highest BCUT2D eigenvalue weighted by Crippen LogP contribution is 2.36. The van der Waals surface area contributed by atoms with Crippen molar-refractivity contribution in [1.82, 2.24) is 8.68 Å². The number of hydrogen-bond donors (Lipinski definition) is 1. The summed E-state index contributed by atoms with van der Waals surface area (Å²) in [6, 6.07) is 0. The van der Waals surface area contributed by atoms with Crippen LogP contribution >= 0.6 is 11.5 Å². The largest absolute Gasteiger partial charge is 0.382 e. The molecular weight excluding hydrogens is 300 g/mol. The first-order valence-electron chi connectivity index (χ1n) is 6.42. The predicted molar refractivity (Wildman–Crippen MR) is 79.6 cm³/mol. The molecule has 2 N–H and O–H groups in total. The summed E-state index contributed by atoms with van der Waals surface area (Å²) in [7, 11) is -0.614. The number of sulfonamides is 1. The molecule has 2 rings (SSSR count). The van der Waals surface area contributed by atoms with E-state index in [0.29, 0.717) is 24.7 Å². The summed E-state index contributed by atoms with van der Waals surface area (Å²) in [6.07, 6.45) is 1.00. The molecule has 1 aromatic heterocycles. The van der Waals surface area contributed by atoms with Gasteiger partial charge in [0.2, 0.25) is 10.0 Å². The highest BCUT2D eigenvalue weighted by molar-refractivity contribution is 7.89. The summed E-state index contributed by atoms with van der Waals surface area (Å²) >= 11 is 1.13. The zero-order valence-electron chi connectivity index (χ0n) is 11.9. The van der Waals surface area contributed by atoms with Gasteiger partial charge in [-0.3, -0.25) is 0 Å². The quantitative estimate of drug-likeness (QED) is 0.873. The van der Waals surface area contributed by atoms with E-state index in [1.54, 1.807) is 0 Å². The second-order valence-electron chi connectivity index (χ2n) is 4.84. The van der Waals surface area contributed by atoms with Gasteiger partial charge >= 0.3 is 0 Å². The second kappa shape index (κ2) is 5.84. The van der Waals surface area contributed by atoms with Gasteiger partial charge in [-0.25, -0.2) is 12.7 Å². The molecular formula is C11H20N4O3S2. The number of aromatic nitrogens is 1. The Labute approximate surface area is 123 Å². The van der Waals surface area contributed by atoms with Crippen molar-refractivity contribution in [3.05, 3.63) is 0 Å². The third-order valence-corrected chi connectivity index (χ3v) is 6.21. The van der Waals surface area contributed by atoms with Crippen molar-refractivity contribution >= 4 is 32.4 Å². The Bertz CT molecular complexity index is 570. The molecule has 1 unspecified atom stereocenters. The van der Waals surface area contributed by atoms with E-state index in [4.69, 9.17) is 10.5 Å². The SMILES string of the molecule is CCC1CN(c2snc(N)c2S(=O)(=O)N(C)C)CCO1. The average molecular weight is 320 g/mol. The van der Waals surface area contributed by atoms with E-state index in [1.807, 2.05) is 11.8 Å². The van der Waals surface area contributed by atoms with Crippen LogP contribution in [0.5, 0.6) is 0 Å². The number of nitrogen functional groups attached to an aromatic ring is 1. The lowest BCUT2D eigenvalue weighted by atomic mass is 10.2. The number of ether oxygens (including phenoxy) is 1.